The lowest BCUT2D eigenvalue weighted by Crippen LogP contribution is -2.47. The molecule has 2 amide bonds. The van der Waals surface area contributed by atoms with E-state index in [-0.39, 0.29) is 17.7 Å². The molecule has 20 heavy (non-hydrogen) atoms. The summed E-state index contributed by atoms with van der Waals surface area (Å²) in [7, 11) is 0. The predicted molar refractivity (Wildman–Crippen MR) is 78.3 cm³/mol. The Bertz CT molecular complexity index is 455. The number of piperidine rings is 1. The summed E-state index contributed by atoms with van der Waals surface area (Å²) in [6, 6.07) is 8.69. The number of hydrogen-bond acceptors (Lipinski definition) is 3. The number of benzene rings is 1. The second kappa shape index (κ2) is 7.05. The topological polar surface area (TPSA) is 70.2 Å². The maximum absolute atomic E-state index is 12.0. The van der Waals surface area contributed by atoms with Crippen LogP contribution in [0.4, 0.5) is 5.69 Å². The van der Waals surface area contributed by atoms with E-state index in [0.29, 0.717) is 6.54 Å². The first-order valence-electron chi connectivity index (χ1n) is 7.04. The van der Waals surface area contributed by atoms with Gasteiger partial charge in [-0.15, -0.1) is 0 Å². The third kappa shape index (κ3) is 4.06. The molecule has 0 bridgehead atoms. The number of rotatable bonds is 4. The molecular formula is C15H21N3O2. The van der Waals surface area contributed by atoms with Crippen LogP contribution < -0.4 is 16.0 Å². The molecule has 0 spiro atoms. The van der Waals surface area contributed by atoms with Crippen molar-refractivity contribution in [2.45, 2.75) is 25.8 Å². The number of hydrogen-bond donors (Lipinski definition) is 3. The highest BCUT2D eigenvalue weighted by Crippen LogP contribution is 2.10. The Morgan fingerprint density at radius 1 is 1.30 bits per heavy atom. The van der Waals surface area contributed by atoms with Gasteiger partial charge in [-0.2, -0.15) is 0 Å². The molecule has 0 aromatic heterocycles. The first-order valence-corrected chi connectivity index (χ1v) is 7.04. The second-order valence-electron chi connectivity index (χ2n) is 5.13. The third-order valence-electron chi connectivity index (χ3n) is 3.46. The van der Waals surface area contributed by atoms with Crippen LogP contribution in [-0.2, 0) is 9.59 Å². The zero-order chi connectivity index (χ0) is 14.4. The van der Waals surface area contributed by atoms with Crippen molar-refractivity contribution in [2.24, 2.45) is 5.92 Å². The van der Waals surface area contributed by atoms with Gasteiger partial charge in [-0.3, -0.25) is 9.59 Å². The molecule has 1 aromatic carbocycles. The Kier molecular flexibility index (Phi) is 5.12. The highest BCUT2D eigenvalue weighted by molar-refractivity contribution is 5.97. The van der Waals surface area contributed by atoms with E-state index < -0.39 is 6.04 Å². The van der Waals surface area contributed by atoms with E-state index >= 15 is 0 Å². The molecular weight excluding hydrogens is 254 g/mol. The number of nitrogens with one attached hydrogen (secondary N) is 3. The standard InChI is InChI=1S/C15H21N3O2/c1-11(14(19)18-13-7-3-2-4-8-13)17-15(20)12-6-5-9-16-10-12/h2-4,7-8,11-12,16H,5-6,9-10H2,1H3,(H,17,20)(H,18,19). The summed E-state index contributed by atoms with van der Waals surface area (Å²) in [5.74, 6) is -0.281. The van der Waals surface area contributed by atoms with Crippen LogP contribution in [0.2, 0.25) is 0 Å². The van der Waals surface area contributed by atoms with Gasteiger partial charge in [0.15, 0.2) is 0 Å². The Morgan fingerprint density at radius 2 is 2.05 bits per heavy atom. The molecule has 1 aliphatic rings. The van der Waals surface area contributed by atoms with Crippen LogP contribution in [0.5, 0.6) is 0 Å². The molecule has 1 saturated heterocycles. The Balaban J connectivity index is 1.82. The SMILES string of the molecule is CC(NC(=O)C1CCCNC1)C(=O)Nc1ccccc1. The van der Waals surface area contributed by atoms with Gasteiger partial charge in [0.2, 0.25) is 11.8 Å². The fourth-order valence-corrected chi connectivity index (χ4v) is 2.24. The van der Waals surface area contributed by atoms with Crippen LogP contribution in [-0.4, -0.2) is 30.9 Å². The van der Waals surface area contributed by atoms with Crippen LogP contribution >= 0.6 is 0 Å². The average Bonchev–Trinajstić information content (AvgIpc) is 2.49. The van der Waals surface area contributed by atoms with Crippen molar-refractivity contribution in [1.29, 1.82) is 0 Å². The van der Waals surface area contributed by atoms with Crippen LogP contribution in [0.3, 0.4) is 0 Å². The number of amides is 2. The van der Waals surface area contributed by atoms with Crippen molar-refractivity contribution in [2.75, 3.05) is 18.4 Å². The van der Waals surface area contributed by atoms with E-state index in [4.69, 9.17) is 0 Å². The Labute approximate surface area is 119 Å². The molecule has 0 radical (unpaired) electrons. The van der Waals surface area contributed by atoms with Crippen molar-refractivity contribution in [3.05, 3.63) is 30.3 Å². The minimum Gasteiger partial charge on any atom is -0.344 e. The molecule has 2 atom stereocenters. The van der Waals surface area contributed by atoms with Gasteiger partial charge in [0.1, 0.15) is 6.04 Å². The van der Waals surface area contributed by atoms with Crippen molar-refractivity contribution < 1.29 is 9.59 Å². The first-order chi connectivity index (χ1) is 9.66. The maximum atomic E-state index is 12.0. The molecule has 0 saturated carbocycles. The van der Waals surface area contributed by atoms with E-state index in [9.17, 15) is 9.59 Å². The largest absolute Gasteiger partial charge is 0.344 e. The monoisotopic (exact) mass is 275 g/mol. The smallest absolute Gasteiger partial charge is 0.246 e. The van der Waals surface area contributed by atoms with E-state index in [2.05, 4.69) is 16.0 Å². The van der Waals surface area contributed by atoms with Gasteiger partial charge >= 0.3 is 0 Å². The Morgan fingerprint density at radius 3 is 2.70 bits per heavy atom. The number of carbonyl (C=O) groups excluding carboxylic acids is 2. The molecule has 1 aliphatic heterocycles. The summed E-state index contributed by atoms with van der Waals surface area (Å²) in [5, 5.41) is 8.76. The lowest BCUT2D eigenvalue weighted by atomic mass is 9.98. The maximum Gasteiger partial charge on any atom is 0.246 e. The second-order valence-corrected chi connectivity index (χ2v) is 5.13. The molecule has 1 heterocycles. The van der Waals surface area contributed by atoms with Crippen molar-refractivity contribution in [3.8, 4) is 0 Å². The molecule has 0 aliphatic carbocycles. The molecule has 2 rings (SSSR count). The van der Waals surface area contributed by atoms with Crippen LogP contribution in [0.15, 0.2) is 30.3 Å². The van der Waals surface area contributed by atoms with Gasteiger partial charge < -0.3 is 16.0 Å². The zero-order valence-electron chi connectivity index (χ0n) is 11.7. The fourth-order valence-electron chi connectivity index (χ4n) is 2.24. The summed E-state index contributed by atoms with van der Waals surface area (Å²) in [4.78, 5) is 24.0. The quantitative estimate of drug-likeness (QED) is 0.771. The average molecular weight is 275 g/mol. The summed E-state index contributed by atoms with van der Waals surface area (Å²) in [6.45, 7) is 3.36. The number of para-hydroxylation sites is 1. The number of anilines is 1. The summed E-state index contributed by atoms with van der Waals surface area (Å²) < 4.78 is 0. The minimum atomic E-state index is -0.537. The Hall–Kier alpha value is -1.88. The minimum absolute atomic E-state index is 0.0317. The molecule has 2 unspecified atom stereocenters. The number of carbonyl (C=O) groups is 2. The van der Waals surface area contributed by atoms with Gasteiger partial charge in [-0.1, -0.05) is 18.2 Å². The van der Waals surface area contributed by atoms with E-state index in [1.165, 1.54) is 0 Å². The molecule has 1 aromatic rings. The normalized spacial score (nSPS) is 19.9. The van der Waals surface area contributed by atoms with Crippen molar-refractivity contribution >= 4 is 17.5 Å². The fraction of sp³-hybridized carbons (Fsp3) is 0.467. The summed E-state index contributed by atoms with van der Waals surface area (Å²) in [5.41, 5.74) is 0.734. The molecule has 5 nitrogen and oxygen atoms in total. The third-order valence-corrected chi connectivity index (χ3v) is 3.46. The lowest BCUT2D eigenvalue weighted by Gasteiger charge is -2.23. The van der Waals surface area contributed by atoms with Gasteiger partial charge in [0, 0.05) is 12.2 Å². The molecule has 1 fully saturated rings. The van der Waals surface area contributed by atoms with Crippen molar-refractivity contribution in [3.63, 3.8) is 0 Å². The first kappa shape index (κ1) is 14.5. The van der Waals surface area contributed by atoms with Gasteiger partial charge in [-0.05, 0) is 38.4 Å². The van der Waals surface area contributed by atoms with Crippen LogP contribution in [0.1, 0.15) is 19.8 Å². The summed E-state index contributed by atoms with van der Waals surface area (Å²) >= 11 is 0. The zero-order valence-corrected chi connectivity index (χ0v) is 11.7. The molecule has 5 heteroatoms. The molecule has 3 N–H and O–H groups in total. The summed E-state index contributed by atoms with van der Waals surface area (Å²) in [6.07, 6.45) is 1.88. The van der Waals surface area contributed by atoms with E-state index in [0.717, 1.165) is 25.1 Å². The van der Waals surface area contributed by atoms with E-state index in [1.54, 1.807) is 6.92 Å². The van der Waals surface area contributed by atoms with Crippen LogP contribution in [0, 0.1) is 5.92 Å². The molecule has 108 valence electrons. The van der Waals surface area contributed by atoms with Gasteiger partial charge in [0.25, 0.3) is 0 Å². The highest BCUT2D eigenvalue weighted by atomic mass is 16.2. The van der Waals surface area contributed by atoms with Gasteiger partial charge in [-0.25, -0.2) is 0 Å². The van der Waals surface area contributed by atoms with Crippen LogP contribution in [0.25, 0.3) is 0 Å². The highest BCUT2D eigenvalue weighted by Gasteiger charge is 2.24. The van der Waals surface area contributed by atoms with Crippen molar-refractivity contribution in [1.82, 2.24) is 10.6 Å². The van der Waals surface area contributed by atoms with Gasteiger partial charge in [0.05, 0.1) is 5.92 Å². The van der Waals surface area contributed by atoms with E-state index in [1.807, 2.05) is 30.3 Å². The lowest BCUT2D eigenvalue weighted by molar-refractivity contribution is -0.129. The predicted octanol–water partition coefficient (Wildman–Crippen LogP) is 1.13.